The van der Waals surface area contributed by atoms with Crippen molar-refractivity contribution in [3.63, 3.8) is 0 Å². The lowest BCUT2D eigenvalue weighted by atomic mass is 10.2. The highest BCUT2D eigenvalue weighted by molar-refractivity contribution is 7.98. The molecule has 0 spiro atoms. The minimum absolute atomic E-state index is 0.279. The van der Waals surface area contributed by atoms with Gasteiger partial charge in [-0.15, -0.1) is 10.2 Å². The van der Waals surface area contributed by atoms with Gasteiger partial charge in [0.1, 0.15) is 5.82 Å². The van der Waals surface area contributed by atoms with Crippen LogP contribution in [-0.4, -0.2) is 24.9 Å². The van der Waals surface area contributed by atoms with Crippen molar-refractivity contribution in [1.29, 1.82) is 0 Å². The number of aryl methyl sites for hydroxylation is 1. The predicted octanol–water partition coefficient (Wildman–Crippen LogP) is 5.15. The predicted molar refractivity (Wildman–Crippen MR) is 113 cm³/mol. The fourth-order valence-corrected chi connectivity index (χ4v) is 3.80. The molecule has 0 saturated heterocycles. The van der Waals surface area contributed by atoms with E-state index in [0.29, 0.717) is 29.8 Å². The lowest BCUT2D eigenvalue weighted by Gasteiger charge is -2.10. The Hall–Kier alpha value is -3.00. The molecular formula is C22H22FN5OS. The summed E-state index contributed by atoms with van der Waals surface area (Å²) in [4.78, 5) is 4.45. The van der Waals surface area contributed by atoms with Gasteiger partial charge in [0.2, 0.25) is 5.89 Å². The van der Waals surface area contributed by atoms with Crippen LogP contribution in [0.25, 0.3) is 11.4 Å². The molecule has 8 heteroatoms. The van der Waals surface area contributed by atoms with Gasteiger partial charge in [-0.25, -0.2) is 4.39 Å². The molecule has 0 bridgehead atoms. The molecule has 2 aromatic heterocycles. The zero-order chi connectivity index (χ0) is 20.8. The van der Waals surface area contributed by atoms with Crippen molar-refractivity contribution in [2.24, 2.45) is 0 Å². The molecule has 30 heavy (non-hydrogen) atoms. The van der Waals surface area contributed by atoms with Crippen LogP contribution >= 0.6 is 11.8 Å². The number of benzene rings is 2. The van der Waals surface area contributed by atoms with Gasteiger partial charge in [0, 0.05) is 12.0 Å². The van der Waals surface area contributed by atoms with Crippen LogP contribution in [-0.2, 0) is 18.7 Å². The number of hydrogen-bond acceptors (Lipinski definition) is 6. The topological polar surface area (TPSA) is 69.6 Å². The van der Waals surface area contributed by atoms with Crippen LogP contribution in [0.2, 0.25) is 0 Å². The van der Waals surface area contributed by atoms with Crippen molar-refractivity contribution >= 4 is 11.8 Å². The first-order valence-electron chi connectivity index (χ1n) is 9.90. The SMILES string of the molecule is CCCCc1nc(CSc2nnc(-c3ccc(F)cc3)n2Cc2ccccc2)no1. The van der Waals surface area contributed by atoms with Gasteiger partial charge in [-0.2, -0.15) is 4.98 Å². The van der Waals surface area contributed by atoms with Crippen LogP contribution in [0.15, 0.2) is 64.3 Å². The molecule has 154 valence electrons. The fourth-order valence-electron chi connectivity index (χ4n) is 3.02. The zero-order valence-electron chi connectivity index (χ0n) is 16.7. The van der Waals surface area contributed by atoms with Crippen molar-refractivity contribution in [3.05, 3.63) is 77.7 Å². The molecule has 0 aliphatic heterocycles. The summed E-state index contributed by atoms with van der Waals surface area (Å²) in [5, 5.41) is 13.6. The minimum atomic E-state index is -0.279. The van der Waals surface area contributed by atoms with Crippen molar-refractivity contribution < 1.29 is 8.91 Å². The maximum absolute atomic E-state index is 13.4. The number of halogens is 1. The van der Waals surface area contributed by atoms with Crippen molar-refractivity contribution in [3.8, 4) is 11.4 Å². The van der Waals surface area contributed by atoms with Crippen LogP contribution in [0.1, 0.15) is 37.0 Å². The zero-order valence-corrected chi connectivity index (χ0v) is 17.5. The van der Waals surface area contributed by atoms with E-state index in [1.54, 1.807) is 12.1 Å². The third kappa shape index (κ3) is 4.94. The highest BCUT2D eigenvalue weighted by Crippen LogP contribution is 2.27. The first kappa shape index (κ1) is 20.3. The maximum Gasteiger partial charge on any atom is 0.226 e. The number of rotatable bonds is 9. The van der Waals surface area contributed by atoms with Crippen LogP contribution in [0.3, 0.4) is 0 Å². The summed E-state index contributed by atoms with van der Waals surface area (Å²) in [5.74, 6) is 2.26. The standard InChI is InChI=1S/C22H22FN5OS/c1-2-3-9-20-24-19(27-29-20)15-30-22-26-25-21(17-10-12-18(23)13-11-17)28(22)14-16-7-5-4-6-8-16/h4-8,10-13H,2-3,9,14-15H2,1H3. The molecular weight excluding hydrogens is 401 g/mol. The normalized spacial score (nSPS) is 11.1. The van der Waals surface area contributed by atoms with E-state index in [2.05, 4.69) is 39.4 Å². The van der Waals surface area contributed by atoms with Gasteiger partial charge in [-0.3, -0.25) is 4.57 Å². The Morgan fingerprint density at radius 1 is 1.03 bits per heavy atom. The molecule has 0 unspecified atom stereocenters. The van der Waals surface area contributed by atoms with Gasteiger partial charge in [-0.1, -0.05) is 60.6 Å². The molecule has 0 radical (unpaired) electrons. The Morgan fingerprint density at radius 3 is 2.60 bits per heavy atom. The average Bonchev–Trinajstić information content (AvgIpc) is 3.39. The number of hydrogen-bond donors (Lipinski definition) is 0. The molecule has 0 fully saturated rings. The second kappa shape index (κ2) is 9.67. The molecule has 4 aromatic rings. The first-order valence-corrected chi connectivity index (χ1v) is 10.9. The number of nitrogens with zero attached hydrogens (tertiary/aromatic N) is 5. The average molecular weight is 424 g/mol. The number of aromatic nitrogens is 5. The lowest BCUT2D eigenvalue weighted by molar-refractivity contribution is 0.371. The summed E-state index contributed by atoms with van der Waals surface area (Å²) < 4.78 is 20.7. The van der Waals surface area contributed by atoms with Crippen LogP contribution in [0.5, 0.6) is 0 Å². The molecule has 0 saturated carbocycles. The highest BCUT2D eigenvalue weighted by atomic mass is 32.2. The Morgan fingerprint density at radius 2 is 1.83 bits per heavy atom. The van der Waals surface area contributed by atoms with E-state index < -0.39 is 0 Å². The summed E-state index contributed by atoms with van der Waals surface area (Å²) in [6.07, 6.45) is 2.91. The Kier molecular flexibility index (Phi) is 6.53. The van der Waals surface area contributed by atoms with Crippen molar-refractivity contribution in [1.82, 2.24) is 24.9 Å². The third-order valence-electron chi connectivity index (χ3n) is 4.59. The van der Waals surface area contributed by atoms with Crippen molar-refractivity contribution in [2.75, 3.05) is 0 Å². The first-order chi connectivity index (χ1) is 14.7. The lowest BCUT2D eigenvalue weighted by Crippen LogP contribution is -2.04. The number of thioether (sulfide) groups is 1. The summed E-state index contributed by atoms with van der Waals surface area (Å²) in [6.45, 7) is 2.74. The van der Waals surface area contributed by atoms with Crippen LogP contribution in [0.4, 0.5) is 4.39 Å². The van der Waals surface area contributed by atoms with E-state index in [-0.39, 0.29) is 5.82 Å². The van der Waals surface area contributed by atoms with Gasteiger partial charge in [0.25, 0.3) is 0 Å². The molecule has 2 heterocycles. The van der Waals surface area contributed by atoms with Crippen LogP contribution in [0, 0.1) is 5.82 Å². The Balaban J connectivity index is 1.57. The van der Waals surface area contributed by atoms with Gasteiger partial charge < -0.3 is 4.52 Å². The summed E-state index contributed by atoms with van der Waals surface area (Å²) in [7, 11) is 0. The van der Waals surface area contributed by atoms with E-state index in [1.807, 2.05) is 22.8 Å². The van der Waals surface area contributed by atoms with Crippen LogP contribution < -0.4 is 0 Å². The fraction of sp³-hybridized carbons (Fsp3) is 0.273. The van der Waals surface area contributed by atoms with Crippen molar-refractivity contribution in [2.45, 2.75) is 43.6 Å². The second-order valence-electron chi connectivity index (χ2n) is 6.88. The summed E-state index contributed by atoms with van der Waals surface area (Å²) in [5.41, 5.74) is 1.94. The molecule has 0 aliphatic carbocycles. The van der Waals surface area contributed by atoms with Gasteiger partial charge in [-0.05, 0) is 36.2 Å². The molecule has 0 N–H and O–H groups in total. The van der Waals surface area contributed by atoms with E-state index in [4.69, 9.17) is 4.52 Å². The molecule has 2 aromatic carbocycles. The molecule has 0 atom stereocenters. The summed E-state index contributed by atoms with van der Waals surface area (Å²) in [6, 6.07) is 16.4. The monoisotopic (exact) mass is 423 g/mol. The molecule has 6 nitrogen and oxygen atoms in total. The minimum Gasteiger partial charge on any atom is -0.339 e. The van der Waals surface area contributed by atoms with E-state index in [1.165, 1.54) is 23.9 Å². The molecule has 0 aliphatic rings. The largest absolute Gasteiger partial charge is 0.339 e. The Bertz CT molecular complexity index is 1080. The summed E-state index contributed by atoms with van der Waals surface area (Å²) >= 11 is 1.51. The highest BCUT2D eigenvalue weighted by Gasteiger charge is 2.16. The smallest absolute Gasteiger partial charge is 0.226 e. The third-order valence-corrected chi connectivity index (χ3v) is 5.55. The van der Waals surface area contributed by atoms with Gasteiger partial charge in [0.05, 0.1) is 12.3 Å². The molecule has 4 rings (SSSR count). The number of unbranched alkanes of at least 4 members (excludes halogenated alkanes) is 1. The maximum atomic E-state index is 13.4. The van der Waals surface area contributed by atoms with E-state index >= 15 is 0 Å². The Labute approximate surface area is 178 Å². The quantitative estimate of drug-likeness (QED) is 0.347. The molecule has 0 amide bonds. The van der Waals surface area contributed by atoms with Gasteiger partial charge >= 0.3 is 0 Å². The van der Waals surface area contributed by atoms with E-state index in [9.17, 15) is 4.39 Å². The second-order valence-corrected chi connectivity index (χ2v) is 7.82. The van der Waals surface area contributed by atoms with Gasteiger partial charge in [0.15, 0.2) is 16.8 Å². The van der Waals surface area contributed by atoms with E-state index in [0.717, 1.165) is 35.5 Å².